The molecule has 0 fully saturated rings. The predicted octanol–water partition coefficient (Wildman–Crippen LogP) is 2.80. The molecule has 1 aliphatic carbocycles. The minimum Gasteiger partial charge on any atom is -0.488 e. The summed E-state index contributed by atoms with van der Waals surface area (Å²) < 4.78 is 5.96. The molecule has 1 heterocycles. The van der Waals surface area contributed by atoms with Gasteiger partial charge >= 0.3 is 0 Å². The smallest absolute Gasteiger partial charge is 0.124 e. The van der Waals surface area contributed by atoms with Crippen LogP contribution >= 0.6 is 0 Å². The number of oxime groups is 1. The fourth-order valence-electron chi connectivity index (χ4n) is 2.67. The van der Waals surface area contributed by atoms with Crippen LogP contribution in [0, 0.1) is 6.92 Å². The molecule has 0 unspecified atom stereocenters. The lowest BCUT2D eigenvalue weighted by atomic mass is 9.74. The van der Waals surface area contributed by atoms with Gasteiger partial charge in [-0.15, -0.1) is 0 Å². The van der Waals surface area contributed by atoms with E-state index in [-0.39, 0.29) is 11.5 Å². The molecule has 0 radical (unpaired) electrons. The van der Waals surface area contributed by atoms with E-state index in [2.05, 4.69) is 37.2 Å². The second-order valence-corrected chi connectivity index (χ2v) is 5.02. The van der Waals surface area contributed by atoms with Gasteiger partial charge in [-0.25, -0.2) is 0 Å². The van der Waals surface area contributed by atoms with Gasteiger partial charge in [0.15, 0.2) is 0 Å². The zero-order valence-electron chi connectivity index (χ0n) is 9.97. The van der Waals surface area contributed by atoms with Crippen molar-refractivity contribution < 1.29 is 9.94 Å². The molecule has 1 N–H and O–H groups in total. The summed E-state index contributed by atoms with van der Waals surface area (Å²) >= 11 is 0. The molecular weight excluding hydrogens is 214 g/mol. The van der Waals surface area contributed by atoms with Crippen LogP contribution < -0.4 is 4.74 Å². The van der Waals surface area contributed by atoms with Crippen LogP contribution in [0.5, 0.6) is 5.75 Å². The van der Waals surface area contributed by atoms with Crippen LogP contribution in [0.4, 0.5) is 0 Å². The third-order valence-corrected chi connectivity index (χ3v) is 3.80. The first kappa shape index (κ1) is 10.4. The summed E-state index contributed by atoms with van der Waals surface area (Å²) in [5, 5.41) is 12.1. The summed E-state index contributed by atoms with van der Waals surface area (Å²) in [7, 11) is 0. The van der Waals surface area contributed by atoms with Crippen molar-refractivity contribution in [1.29, 1.82) is 0 Å². The first-order valence-electron chi connectivity index (χ1n) is 5.81. The molecule has 0 saturated heterocycles. The van der Waals surface area contributed by atoms with E-state index in [0.29, 0.717) is 12.1 Å². The highest BCUT2D eigenvalue weighted by Gasteiger charge is 2.45. The molecule has 1 aromatic carbocycles. The van der Waals surface area contributed by atoms with E-state index in [1.165, 1.54) is 11.1 Å². The molecule has 0 spiro atoms. The SMILES string of the molecule is Cc1ccc2c(c1)[C@@]1(C)C=CC(=NO)C[C@H]1O2. The van der Waals surface area contributed by atoms with Crippen molar-refractivity contribution >= 4 is 5.71 Å². The molecule has 17 heavy (non-hydrogen) atoms. The summed E-state index contributed by atoms with van der Waals surface area (Å²) in [4.78, 5) is 0. The van der Waals surface area contributed by atoms with Crippen LogP contribution in [-0.2, 0) is 5.41 Å². The Morgan fingerprint density at radius 3 is 3.06 bits per heavy atom. The number of benzene rings is 1. The van der Waals surface area contributed by atoms with Gasteiger partial charge in [-0.3, -0.25) is 0 Å². The van der Waals surface area contributed by atoms with Crippen molar-refractivity contribution in [3.63, 3.8) is 0 Å². The molecule has 0 saturated carbocycles. The van der Waals surface area contributed by atoms with Crippen LogP contribution in [0.15, 0.2) is 35.5 Å². The number of rotatable bonds is 0. The highest BCUT2D eigenvalue weighted by atomic mass is 16.5. The first-order chi connectivity index (χ1) is 8.13. The molecular formula is C14H15NO2. The molecule has 2 atom stereocenters. The largest absolute Gasteiger partial charge is 0.488 e. The average Bonchev–Trinajstić information content (AvgIpc) is 2.61. The van der Waals surface area contributed by atoms with E-state index >= 15 is 0 Å². The first-order valence-corrected chi connectivity index (χ1v) is 5.81. The van der Waals surface area contributed by atoms with Gasteiger partial charge in [0, 0.05) is 12.0 Å². The van der Waals surface area contributed by atoms with Crippen molar-refractivity contribution in [2.45, 2.75) is 31.8 Å². The van der Waals surface area contributed by atoms with Crippen LogP contribution in [0.2, 0.25) is 0 Å². The number of allylic oxidation sites excluding steroid dienone is 1. The average molecular weight is 229 g/mol. The summed E-state index contributed by atoms with van der Waals surface area (Å²) in [5.41, 5.74) is 3.05. The Bertz CT molecular complexity index is 533. The highest BCUT2D eigenvalue weighted by molar-refractivity contribution is 5.96. The third kappa shape index (κ3) is 1.38. The van der Waals surface area contributed by atoms with E-state index in [4.69, 9.17) is 9.94 Å². The molecule has 3 heteroatoms. The molecule has 3 rings (SSSR count). The van der Waals surface area contributed by atoms with Crippen LogP contribution in [0.1, 0.15) is 24.5 Å². The lowest BCUT2D eigenvalue weighted by Crippen LogP contribution is -2.38. The molecule has 3 nitrogen and oxygen atoms in total. The van der Waals surface area contributed by atoms with E-state index in [0.717, 1.165) is 5.75 Å². The van der Waals surface area contributed by atoms with Gasteiger partial charge < -0.3 is 9.94 Å². The number of hydrogen-bond donors (Lipinski definition) is 1. The predicted molar refractivity (Wildman–Crippen MR) is 65.9 cm³/mol. The Hall–Kier alpha value is -1.77. The Balaban J connectivity index is 2.12. The topological polar surface area (TPSA) is 41.8 Å². The second-order valence-electron chi connectivity index (χ2n) is 5.02. The molecule has 0 bridgehead atoms. The Morgan fingerprint density at radius 2 is 2.29 bits per heavy atom. The number of aryl methyl sites for hydroxylation is 1. The number of nitrogens with zero attached hydrogens (tertiary/aromatic N) is 1. The van der Waals surface area contributed by atoms with Crippen molar-refractivity contribution in [3.8, 4) is 5.75 Å². The second kappa shape index (κ2) is 3.36. The molecule has 0 aromatic heterocycles. The van der Waals surface area contributed by atoms with Gasteiger partial charge in [0.2, 0.25) is 0 Å². The summed E-state index contributed by atoms with van der Waals surface area (Å²) in [6.07, 6.45) is 4.66. The summed E-state index contributed by atoms with van der Waals surface area (Å²) in [5.74, 6) is 0.951. The van der Waals surface area contributed by atoms with E-state index in [1.54, 1.807) is 0 Å². The van der Waals surface area contributed by atoms with Crippen LogP contribution in [0.25, 0.3) is 0 Å². The Morgan fingerprint density at radius 1 is 1.47 bits per heavy atom. The monoisotopic (exact) mass is 229 g/mol. The van der Waals surface area contributed by atoms with Crippen molar-refractivity contribution in [2.24, 2.45) is 5.16 Å². The van der Waals surface area contributed by atoms with Gasteiger partial charge in [-0.1, -0.05) is 28.9 Å². The minimum atomic E-state index is -0.102. The van der Waals surface area contributed by atoms with Gasteiger partial charge in [0.1, 0.15) is 11.9 Å². The van der Waals surface area contributed by atoms with Crippen molar-refractivity contribution in [3.05, 3.63) is 41.5 Å². The van der Waals surface area contributed by atoms with Crippen molar-refractivity contribution in [2.75, 3.05) is 0 Å². The van der Waals surface area contributed by atoms with Crippen LogP contribution in [0.3, 0.4) is 0 Å². The van der Waals surface area contributed by atoms with Gasteiger partial charge in [-0.2, -0.15) is 0 Å². The standard InChI is InChI=1S/C14H15NO2/c1-9-3-4-12-11(7-9)14(2)6-5-10(15-16)8-13(14)17-12/h3-7,13,16H,8H2,1-2H3/t13-,14-/m1/s1. The maximum Gasteiger partial charge on any atom is 0.124 e. The third-order valence-electron chi connectivity index (χ3n) is 3.80. The highest BCUT2D eigenvalue weighted by Crippen LogP contribution is 2.47. The molecule has 0 amide bonds. The molecule has 1 aromatic rings. The summed E-state index contributed by atoms with van der Waals surface area (Å²) in [6, 6.07) is 6.27. The molecule has 88 valence electrons. The fourth-order valence-corrected chi connectivity index (χ4v) is 2.67. The maximum atomic E-state index is 8.84. The number of ether oxygens (including phenoxy) is 1. The van der Waals surface area contributed by atoms with Crippen LogP contribution in [-0.4, -0.2) is 17.0 Å². The normalized spacial score (nSPS) is 32.1. The maximum absolute atomic E-state index is 8.84. The minimum absolute atomic E-state index is 0.0372. The quantitative estimate of drug-likeness (QED) is 0.549. The zero-order valence-corrected chi connectivity index (χ0v) is 9.97. The number of hydrogen-bond acceptors (Lipinski definition) is 3. The molecule has 1 aliphatic heterocycles. The fraction of sp³-hybridized carbons (Fsp3) is 0.357. The lowest BCUT2D eigenvalue weighted by Gasteiger charge is -2.30. The zero-order chi connectivity index (χ0) is 12.0. The van der Waals surface area contributed by atoms with Gasteiger partial charge in [-0.05, 0) is 26.0 Å². The summed E-state index contributed by atoms with van der Waals surface area (Å²) in [6.45, 7) is 4.26. The van der Waals surface area contributed by atoms with Gasteiger partial charge in [0.25, 0.3) is 0 Å². The Labute approximate surface area is 100 Å². The van der Waals surface area contributed by atoms with E-state index < -0.39 is 0 Å². The lowest BCUT2D eigenvalue weighted by molar-refractivity contribution is 0.183. The van der Waals surface area contributed by atoms with Gasteiger partial charge in [0.05, 0.1) is 11.1 Å². The van der Waals surface area contributed by atoms with E-state index in [1.807, 2.05) is 12.1 Å². The number of fused-ring (bicyclic) bond motifs is 3. The Kier molecular flexibility index (Phi) is 2.05. The van der Waals surface area contributed by atoms with E-state index in [9.17, 15) is 0 Å². The van der Waals surface area contributed by atoms with Crippen molar-refractivity contribution in [1.82, 2.24) is 0 Å². The molecule has 2 aliphatic rings.